The second-order valence-corrected chi connectivity index (χ2v) is 6.77. The first-order valence-electron chi connectivity index (χ1n) is 8.09. The largest absolute Gasteiger partial charge is 0.356 e. The van der Waals surface area contributed by atoms with Crippen molar-refractivity contribution in [2.75, 3.05) is 18.6 Å². The molecule has 1 aromatic rings. The van der Waals surface area contributed by atoms with Crippen molar-refractivity contribution in [2.45, 2.75) is 51.6 Å². The summed E-state index contributed by atoms with van der Waals surface area (Å²) in [6, 6.07) is 0.551. The van der Waals surface area contributed by atoms with Crippen molar-refractivity contribution in [2.24, 2.45) is 12.0 Å². The fourth-order valence-electron chi connectivity index (χ4n) is 2.60. The minimum atomic E-state index is 0.551. The molecule has 2 rings (SSSR count). The standard InChI is InChI=1S/C15H28N6S/c1-12-19-20-14(21(12)2)11-17-15(16-9-10-22-3)18-13-7-5-4-6-8-13/h13H,4-11H2,1-3H3,(H2,16,17,18). The summed E-state index contributed by atoms with van der Waals surface area (Å²) in [6.07, 6.45) is 8.60. The maximum Gasteiger partial charge on any atom is 0.191 e. The van der Waals surface area contributed by atoms with Gasteiger partial charge in [-0.3, -0.25) is 0 Å². The quantitative estimate of drug-likeness (QED) is 0.475. The molecule has 0 radical (unpaired) electrons. The number of aryl methyl sites for hydroxylation is 1. The Morgan fingerprint density at radius 3 is 2.73 bits per heavy atom. The van der Waals surface area contributed by atoms with Gasteiger partial charge in [0.05, 0.1) is 0 Å². The van der Waals surface area contributed by atoms with E-state index in [1.165, 1.54) is 32.1 Å². The highest BCUT2D eigenvalue weighted by Gasteiger charge is 2.14. The van der Waals surface area contributed by atoms with Gasteiger partial charge in [0.15, 0.2) is 11.8 Å². The van der Waals surface area contributed by atoms with Gasteiger partial charge in [-0.1, -0.05) is 19.3 Å². The highest BCUT2D eigenvalue weighted by Crippen LogP contribution is 2.17. The number of aromatic nitrogens is 3. The van der Waals surface area contributed by atoms with Gasteiger partial charge in [0, 0.05) is 25.4 Å². The third-order valence-electron chi connectivity index (χ3n) is 4.11. The number of hydrogen-bond donors (Lipinski definition) is 2. The molecular weight excluding hydrogens is 296 g/mol. The summed E-state index contributed by atoms with van der Waals surface area (Å²) in [7, 11) is 1.98. The van der Waals surface area contributed by atoms with Crippen LogP contribution >= 0.6 is 11.8 Å². The molecule has 1 aliphatic carbocycles. The third-order valence-corrected chi connectivity index (χ3v) is 4.72. The van der Waals surface area contributed by atoms with E-state index in [4.69, 9.17) is 4.99 Å². The van der Waals surface area contributed by atoms with Crippen LogP contribution in [0.15, 0.2) is 4.99 Å². The Hall–Kier alpha value is -1.24. The van der Waals surface area contributed by atoms with E-state index in [1.807, 2.05) is 30.3 Å². The van der Waals surface area contributed by atoms with Gasteiger partial charge in [0.1, 0.15) is 12.4 Å². The van der Waals surface area contributed by atoms with Crippen LogP contribution in [0.1, 0.15) is 43.8 Å². The maximum atomic E-state index is 4.70. The molecular formula is C15H28N6S. The lowest BCUT2D eigenvalue weighted by Crippen LogP contribution is -2.45. The van der Waals surface area contributed by atoms with Crippen LogP contribution in [0, 0.1) is 6.92 Å². The van der Waals surface area contributed by atoms with Crippen LogP contribution in [0.3, 0.4) is 0 Å². The van der Waals surface area contributed by atoms with Gasteiger partial charge < -0.3 is 15.2 Å². The normalized spacial score (nSPS) is 16.8. The molecule has 1 saturated carbocycles. The molecule has 0 atom stereocenters. The summed E-state index contributed by atoms with van der Waals surface area (Å²) in [5.74, 6) is 3.80. The Morgan fingerprint density at radius 1 is 1.32 bits per heavy atom. The molecule has 0 saturated heterocycles. The van der Waals surface area contributed by atoms with Gasteiger partial charge in [-0.25, -0.2) is 4.99 Å². The molecule has 1 heterocycles. The van der Waals surface area contributed by atoms with Crippen molar-refractivity contribution in [3.05, 3.63) is 11.6 Å². The molecule has 1 aromatic heterocycles. The van der Waals surface area contributed by atoms with Crippen LogP contribution in [0.4, 0.5) is 0 Å². The van der Waals surface area contributed by atoms with Crippen LogP contribution in [0.2, 0.25) is 0 Å². The molecule has 6 nitrogen and oxygen atoms in total. The van der Waals surface area contributed by atoms with Gasteiger partial charge in [0.25, 0.3) is 0 Å². The molecule has 22 heavy (non-hydrogen) atoms. The molecule has 0 amide bonds. The van der Waals surface area contributed by atoms with E-state index in [1.54, 1.807) is 0 Å². The summed E-state index contributed by atoms with van der Waals surface area (Å²) < 4.78 is 1.99. The number of rotatable bonds is 6. The van der Waals surface area contributed by atoms with Crippen molar-refractivity contribution in [3.8, 4) is 0 Å². The van der Waals surface area contributed by atoms with Gasteiger partial charge >= 0.3 is 0 Å². The van der Waals surface area contributed by atoms with E-state index < -0.39 is 0 Å². The zero-order chi connectivity index (χ0) is 15.8. The number of hydrogen-bond acceptors (Lipinski definition) is 4. The lowest BCUT2D eigenvalue weighted by Gasteiger charge is -2.25. The summed E-state index contributed by atoms with van der Waals surface area (Å²) in [5.41, 5.74) is 0. The number of thioether (sulfide) groups is 1. The lowest BCUT2D eigenvalue weighted by molar-refractivity contribution is 0.410. The average molecular weight is 324 g/mol. The van der Waals surface area contributed by atoms with Crippen molar-refractivity contribution in [1.82, 2.24) is 25.4 Å². The number of aliphatic imine (C=N–C) groups is 1. The summed E-state index contributed by atoms with van der Waals surface area (Å²) in [4.78, 5) is 4.70. The minimum Gasteiger partial charge on any atom is -0.356 e. The Balaban J connectivity index is 1.95. The monoisotopic (exact) mass is 324 g/mol. The van der Waals surface area contributed by atoms with Gasteiger partial charge in [-0.15, -0.1) is 10.2 Å². The molecule has 0 bridgehead atoms. The molecule has 0 aliphatic heterocycles. The first-order valence-corrected chi connectivity index (χ1v) is 9.48. The number of guanidine groups is 1. The highest BCUT2D eigenvalue weighted by atomic mass is 32.2. The van der Waals surface area contributed by atoms with Crippen LogP contribution < -0.4 is 10.6 Å². The fraction of sp³-hybridized carbons (Fsp3) is 0.800. The van der Waals surface area contributed by atoms with E-state index in [0.29, 0.717) is 12.6 Å². The molecule has 1 fully saturated rings. The zero-order valence-corrected chi connectivity index (χ0v) is 14.7. The van der Waals surface area contributed by atoms with E-state index in [2.05, 4.69) is 27.1 Å². The van der Waals surface area contributed by atoms with Crippen molar-refractivity contribution in [3.63, 3.8) is 0 Å². The second-order valence-electron chi connectivity index (χ2n) is 5.79. The van der Waals surface area contributed by atoms with Crippen LogP contribution in [-0.2, 0) is 13.6 Å². The Morgan fingerprint density at radius 2 is 2.09 bits per heavy atom. The maximum absolute atomic E-state index is 4.70. The molecule has 124 valence electrons. The molecule has 2 N–H and O–H groups in total. The van der Waals surface area contributed by atoms with Gasteiger partial charge in [0.2, 0.25) is 0 Å². The van der Waals surface area contributed by atoms with Gasteiger partial charge in [-0.2, -0.15) is 11.8 Å². The first-order chi connectivity index (χ1) is 10.7. The van der Waals surface area contributed by atoms with Crippen LogP contribution in [-0.4, -0.2) is 45.3 Å². The minimum absolute atomic E-state index is 0.551. The number of nitrogens with zero attached hydrogens (tertiary/aromatic N) is 4. The summed E-state index contributed by atoms with van der Waals surface area (Å²) >= 11 is 1.84. The molecule has 0 aromatic carbocycles. The molecule has 0 spiro atoms. The van der Waals surface area contributed by atoms with E-state index in [0.717, 1.165) is 29.9 Å². The summed E-state index contributed by atoms with van der Waals surface area (Å²) in [6.45, 7) is 3.44. The van der Waals surface area contributed by atoms with E-state index in [-0.39, 0.29) is 0 Å². The summed E-state index contributed by atoms with van der Waals surface area (Å²) in [5, 5.41) is 15.3. The Bertz CT molecular complexity index is 478. The van der Waals surface area contributed by atoms with Crippen molar-refractivity contribution >= 4 is 17.7 Å². The topological polar surface area (TPSA) is 67.1 Å². The SMILES string of the molecule is CSCCNC(=NCc1nnc(C)n1C)NC1CCCCC1. The van der Waals surface area contributed by atoms with Crippen molar-refractivity contribution < 1.29 is 0 Å². The van der Waals surface area contributed by atoms with E-state index >= 15 is 0 Å². The third kappa shape index (κ3) is 5.19. The molecule has 7 heteroatoms. The smallest absolute Gasteiger partial charge is 0.191 e. The predicted octanol–water partition coefficient (Wildman–Crippen LogP) is 1.85. The van der Waals surface area contributed by atoms with Crippen LogP contribution in [0.25, 0.3) is 0 Å². The fourth-order valence-corrected chi connectivity index (χ4v) is 2.91. The van der Waals surface area contributed by atoms with E-state index in [9.17, 15) is 0 Å². The lowest BCUT2D eigenvalue weighted by atomic mass is 9.96. The molecule has 1 aliphatic rings. The van der Waals surface area contributed by atoms with Crippen LogP contribution in [0.5, 0.6) is 0 Å². The average Bonchev–Trinajstić information content (AvgIpc) is 2.85. The van der Waals surface area contributed by atoms with Gasteiger partial charge in [-0.05, 0) is 26.0 Å². The zero-order valence-electron chi connectivity index (χ0n) is 13.9. The Kier molecular flexibility index (Phi) is 7.02. The molecule has 0 unspecified atom stereocenters. The van der Waals surface area contributed by atoms with Crippen molar-refractivity contribution in [1.29, 1.82) is 0 Å². The number of nitrogens with one attached hydrogen (secondary N) is 2. The second kappa shape index (κ2) is 9.02. The predicted molar refractivity (Wildman–Crippen MR) is 93.3 cm³/mol. The highest BCUT2D eigenvalue weighted by molar-refractivity contribution is 7.98. The first kappa shape index (κ1) is 17.1. The Labute approximate surface area is 137 Å².